The van der Waals surface area contributed by atoms with Gasteiger partial charge in [0, 0.05) is 12.5 Å². The summed E-state index contributed by atoms with van der Waals surface area (Å²) < 4.78 is 42.0. The number of esters is 1. The van der Waals surface area contributed by atoms with Gasteiger partial charge in [-0.3, -0.25) is 4.79 Å². The van der Waals surface area contributed by atoms with Crippen molar-refractivity contribution in [2.75, 3.05) is 6.61 Å². The van der Waals surface area contributed by atoms with E-state index in [4.69, 9.17) is 13.3 Å². The van der Waals surface area contributed by atoms with E-state index in [1.54, 1.807) is 35.4 Å². The van der Waals surface area contributed by atoms with Crippen LogP contribution in [0.3, 0.4) is 0 Å². The molecule has 0 N–H and O–H groups in total. The van der Waals surface area contributed by atoms with Gasteiger partial charge >= 0.3 is 16.1 Å². The summed E-state index contributed by atoms with van der Waals surface area (Å²) in [6.45, 7) is 2.90. The maximum absolute atomic E-state index is 13.0. The van der Waals surface area contributed by atoms with E-state index < -0.39 is 16.1 Å². The molecule has 9 heteroatoms. The molecule has 1 saturated carbocycles. The molecule has 0 radical (unpaired) electrons. The average Bonchev–Trinajstić information content (AvgIpc) is 3.37. The van der Waals surface area contributed by atoms with Crippen LogP contribution in [0.15, 0.2) is 76.2 Å². The van der Waals surface area contributed by atoms with Gasteiger partial charge in [-0.2, -0.15) is 8.42 Å². The van der Waals surface area contributed by atoms with Crippen molar-refractivity contribution in [1.29, 1.82) is 0 Å². The van der Waals surface area contributed by atoms with Crippen LogP contribution in [0.5, 0.6) is 5.75 Å². The average molecular weight is 526 g/mol. The smallest absolute Gasteiger partial charge is 0.340 e. The highest BCUT2D eigenvalue weighted by atomic mass is 32.2. The first-order valence-corrected chi connectivity index (χ1v) is 13.9. The lowest BCUT2D eigenvalue weighted by atomic mass is 9.84. The van der Waals surface area contributed by atoms with Gasteiger partial charge < -0.3 is 18.2 Å². The molecule has 0 unspecified atom stereocenters. The first-order valence-electron chi connectivity index (χ1n) is 12.5. The number of carbonyl (C=O) groups is 2. The first kappa shape index (κ1) is 26.5. The fourth-order valence-corrected chi connectivity index (χ4v) is 5.12. The summed E-state index contributed by atoms with van der Waals surface area (Å²) in [6.07, 6.45) is 5.97. The minimum absolute atomic E-state index is 0.0384. The minimum Gasteiger partial charge on any atom is -0.467 e. The molecule has 1 heterocycles. The van der Waals surface area contributed by atoms with E-state index in [-0.39, 0.29) is 34.6 Å². The van der Waals surface area contributed by atoms with Crippen LogP contribution in [0.25, 0.3) is 0 Å². The number of rotatable bonds is 12. The Kier molecular flexibility index (Phi) is 8.66. The Morgan fingerprint density at radius 3 is 2.41 bits per heavy atom. The summed E-state index contributed by atoms with van der Waals surface area (Å²) in [6, 6.07) is 16.0. The van der Waals surface area contributed by atoms with Crippen LogP contribution in [0.2, 0.25) is 0 Å². The van der Waals surface area contributed by atoms with Gasteiger partial charge in [-0.15, -0.1) is 0 Å². The number of nitrogens with zero attached hydrogens (tertiary/aromatic N) is 1. The second-order valence-corrected chi connectivity index (χ2v) is 10.6. The molecule has 4 rings (SSSR count). The number of hydrogen-bond acceptors (Lipinski definition) is 7. The molecule has 8 nitrogen and oxygen atoms in total. The number of amides is 1. The van der Waals surface area contributed by atoms with Crippen LogP contribution in [0, 0.1) is 5.92 Å². The molecule has 1 fully saturated rings. The van der Waals surface area contributed by atoms with Gasteiger partial charge in [-0.05, 0) is 61.2 Å². The van der Waals surface area contributed by atoms with Gasteiger partial charge in [0.1, 0.15) is 16.4 Å². The molecule has 1 aliphatic carbocycles. The predicted molar refractivity (Wildman–Crippen MR) is 136 cm³/mol. The van der Waals surface area contributed by atoms with Crippen LogP contribution < -0.4 is 4.18 Å². The molecule has 2 aromatic carbocycles. The maximum Gasteiger partial charge on any atom is 0.340 e. The third kappa shape index (κ3) is 6.80. The molecule has 37 heavy (non-hydrogen) atoms. The molecule has 196 valence electrons. The van der Waals surface area contributed by atoms with Crippen molar-refractivity contribution in [2.45, 2.75) is 57.0 Å². The van der Waals surface area contributed by atoms with Crippen LogP contribution in [0.1, 0.15) is 60.7 Å². The van der Waals surface area contributed by atoms with Crippen LogP contribution in [-0.2, 0) is 32.7 Å². The van der Waals surface area contributed by atoms with Crippen molar-refractivity contribution in [3.05, 3.63) is 83.8 Å². The van der Waals surface area contributed by atoms with E-state index in [2.05, 4.69) is 0 Å². The fraction of sp³-hybridized carbons (Fsp3) is 0.357. The topological polar surface area (TPSA) is 103 Å². The SMILES string of the molecule is CCCCOC(=O)c1ccccc1S(=O)(=O)Oc1ccc(CN(Cc2ccco2)C(=O)C2CCC2)cc1. The molecule has 1 aliphatic rings. The number of ether oxygens (including phenoxy) is 1. The number of hydrogen-bond donors (Lipinski definition) is 0. The van der Waals surface area contributed by atoms with Gasteiger partial charge in [0.25, 0.3) is 0 Å². The number of unbranched alkanes of at least 4 members (excludes halogenated alkanes) is 1. The molecule has 1 amide bonds. The predicted octanol–water partition coefficient (Wildman–Crippen LogP) is 5.33. The zero-order chi connectivity index (χ0) is 26.3. The summed E-state index contributed by atoms with van der Waals surface area (Å²) in [5.74, 6) is 0.218. The van der Waals surface area contributed by atoms with Gasteiger partial charge in [0.2, 0.25) is 5.91 Å². The summed E-state index contributed by atoms with van der Waals surface area (Å²) in [5.41, 5.74) is 0.752. The number of benzene rings is 2. The Bertz CT molecular complexity index is 1300. The monoisotopic (exact) mass is 525 g/mol. The van der Waals surface area contributed by atoms with Crippen molar-refractivity contribution in [3.63, 3.8) is 0 Å². The third-order valence-corrected chi connectivity index (χ3v) is 7.61. The summed E-state index contributed by atoms with van der Waals surface area (Å²) in [5, 5.41) is 0. The minimum atomic E-state index is -4.29. The molecular formula is C28H31NO7S. The van der Waals surface area contributed by atoms with E-state index in [1.165, 1.54) is 30.3 Å². The summed E-state index contributed by atoms with van der Waals surface area (Å²) >= 11 is 0. The summed E-state index contributed by atoms with van der Waals surface area (Å²) in [4.78, 5) is 26.9. The lowest BCUT2D eigenvalue weighted by Crippen LogP contribution is -2.38. The molecule has 0 aliphatic heterocycles. The second kappa shape index (κ2) is 12.1. The lowest BCUT2D eigenvalue weighted by Gasteiger charge is -2.31. The molecule has 0 bridgehead atoms. The Morgan fingerprint density at radius 2 is 1.76 bits per heavy atom. The Labute approximate surface area is 217 Å². The maximum atomic E-state index is 13.0. The normalized spacial score (nSPS) is 13.5. The largest absolute Gasteiger partial charge is 0.467 e. The highest BCUT2D eigenvalue weighted by Crippen LogP contribution is 2.30. The van der Waals surface area contributed by atoms with Gasteiger partial charge in [0.05, 0.1) is 25.0 Å². The molecule has 0 saturated heterocycles. The molecular weight excluding hydrogens is 494 g/mol. The van der Waals surface area contributed by atoms with E-state index in [0.29, 0.717) is 25.3 Å². The Balaban J connectivity index is 1.46. The van der Waals surface area contributed by atoms with Crippen LogP contribution in [0.4, 0.5) is 0 Å². The van der Waals surface area contributed by atoms with Crippen LogP contribution in [-0.4, -0.2) is 31.8 Å². The number of furan rings is 1. The van der Waals surface area contributed by atoms with Crippen molar-refractivity contribution >= 4 is 22.0 Å². The van der Waals surface area contributed by atoms with E-state index in [0.717, 1.165) is 31.2 Å². The number of carbonyl (C=O) groups excluding carboxylic acids is 2. The van der Waals surface area contributed by atoms with Crippen molar-refractivity contribution in [1.82, 2.24) is 4.90 Å². The lowest BCUT2D eigenvalue weighted by molar-refractivity contribution is -0.139. The first-order chi connectivity index (χ1) is 17.9. The quantitative estimate of drug-likeness (QED) is 0.179. The second-order valence-electron chi connectivity index (χ2n) is 9.07. The van der Waals surface area contributed by atoms with Crippen molar-refractivity contribution in [3.8, 4) is 5.75 Å². The molecule has 0 spiro atoms. The zero-order valence-corrected chi connectivity index (χ0v) is 21.6. The standard InChI is InChI=1S/C28H31NO7S/c1-2-3-17-35-28(31)25-11-4-5-12-26(25)37(32,33)36-23-15-13-21(14-16-23)19-29(20-24-10-7-18-34-24)27(30)22-8-6-9-22/h4-5,7,10-16,18,22H,2-3,6,8-9,17,19-20H2,1H3. The Morgan fingerprint density at radius 1 is 1.00 bits per heavy atom. The van der Waals surface area contributed by atoms with E-state index in [1.807, 2.05) is 13.0 Å². The van der Waals surface area contributed by atoms with Gasteiger partial charge in [-0.25, -0.2) is 4.79 Å². The summed E-state index contributed by atoms with van der Waals surface area (Å²) in [7, 11) is -4.29. The van der Waals surface area contributed by atoms with Crippen LogP contribution >= 0.6 is 0 Å². The zero-order valence-electron chi connectivity index (χ0n) is 20.8. The van der Waals surface area contributed by atoms with Gasteiger partial charge in [-0.1, -0.05) is 44.0 Å². The van der Waals surface area contributed by atoms with E-state index >= 15 is 0 Å². The highest BCUT2D eigenvalue weighted by Gasteiger charge is 2.30. The molecule has 1 aromatic heterocycles. The highest BCUT2D eigenvalue weighted by molar-refractivity contribution is 7.87. The molecule has 3 aromatic rings. The Hall–Kier alpha value is -3.59. The van der Waals surface area contributed by atoms with Crippen molar-refractivity contribution < 1.29 is 31.3 Å². The van der Waals surface area contributed by atoms with Crippen molar-refractivity contribution in [2.24, 2.45) is 5.92 Å². The van der Waals surface area contributed by atoms with Gasteiger partial charge in [0.15, 0.2) is 0 Å². The third-order valence-electron chi connectivity index (χ3n) is 6.30. The fourth-order valence-electron chi connectivity index (χ4n) is 4.00. The molecule has 0 atom stereocenters. The van der Waals surface area contributed by atoms with E-state index in [9.17, 15) is 18.0 Å².